The third-order valence-electron chi connectivity index (χ3n) is 5.53. The van der Waals surface area contributed by atoms with Crippen LogP contribution in [0.1, 0.15) is 41.4 Å². The minimum Gasteiger partial charge on any atom is -0.374 e. The predicted molar refractivity (Wildman–Crippen MR) is 120 cm³/mol. The number of pyridine rings is 1. The summed E-state index contributed by atoms with van der Waals surface area (Å²) < 4.78 is 5.91. The number of para-hydroxylation sites is 1. The molecule has 1 aromatic heterocycles. The Bertz CT molecular complexity index is 1000. The van der Waals surface area contributed by atoms with Crippen molar-refractivity contribution < 1.29 is 9.53 Å². The van der Waals surface area contributed by atoms with E-state index in [4.69, 9.17) is 9.72 Å². The summed E-state index contributed by atoms with van der Waals surface area (Å²) in [6.07, 6.45) is -0.0101. The van der Waals surface area contributed by atoms with Crippen molar-refractivity contribution in [3.05, 3.63) is 77.5 Å². The molecule has 0 radical (unpaired) electrons. The van der Waals surface area contributed by atoms with Gasteiger partial charge in [0.05, 0.1) is 23.8 Å². The number of hydrogen-bond donors (Lipinski definition) is 1. The molecule has 0 spiro atoms. The van der Waals surface area contributed by atoms with Crippen LogP contribution in [0.15, 0.2) is 60.7 Å². The molecule has 1 fully saturated rings. The summed E-state index contributed by atoms with van der Waals surface area (Å²) in [5.74, 6) is 0.189. The highest BCUT2D eigenvalue weighted by Crippen LogP contribution is 2.22. The minimum atomic E-state index is -0.0701. The number of hydrogen-bond acceptors (Lipinski definition) is 4. The molecule has 0 saturated carbocycles. The van der Waals surface area contributed by atoms with Crippen molar-refractivity contribution >= 4 is 16.8 Å². The third kappa shape index (κ3) is 4.86. The van der Waals surface area contributed by atoms with Crippen LogP contribution in [0.4, 0.5) is 0 Å². The molecule has 3 aromatic rings. The van der Waals surface area contributed by atoms with Crippen molar-refractivity contribution in [2.45, 2.75) is 32.4 Å². The lowest BCUT2D eigenvalue weighted by Gasteiger charge is -2.33. The maximum Gasteiger partial charge on any atom is 0.252 e. The zero-order valence-corrected chi connectivity index (χ0v) is 17.7. The van der Waals surface area contributed by atoms with Gasteiger partial charge in [0, 0.05) is 37.3 Å². The van der Waals surface area contributed by atoms with E-state index in [2.05, 4.69) is 48.3 Å². The van der Waals surface area contributed by atoms with Gasteiger partial charge >= 0.3 is 0 Å². The molecular weight excluding hydrogens is 374 g/mol. The number of fused-ring (bicyclic) bond motifs is 1. The maximum atomic E-state index is 13.0. The molecule has 30 heavy (non-hydrogen) atoms. The maximum absolute atomic E-state index is 13.0. The molecule has 2 heterocycles. The topological polar surface area (TPSA) is 54.5 Å². The predicted octanol–water partition coefficient (Wildman–Crippen LogP) is 3.99. The van der Waals surface area contributed by atoms with Crippen LogP contribution >= 0.6 is 0 Å². The zero-order valence-electron chi connectivity index (χ0n) is 17.7. The lowest BCUT2D eigenvalue weighted by Crippen LogP contribution is -2.47. The van der Waals surface area contributed by atoms with E-state index < -0.39 is 0 Å². The average molecular weight is 404 g/mol. The largest absolute Gasteiger partial charge is 0.374 e. The first-order valence-electron chi connectivity index (χ1n) is 10.7. The van der Waals surface area contributed by atoms with Crippen molar-refractivity contribution in [2.75, 3.05) is 26.2 Å². The molecule has 0 bridgehead atoms. The van der Waals surface area contributed by atoms with E-state index in [1.807, 2.05) is 36.4 Å². The number of morpholine rings is 1. The van der Waals surface area contributed by atoms with E-state index in [0.29, 0.717) is 18.7 Å². The Labute approximate surface area is 178 Å². The number of amides is 1. The Balaban J connectivity index is 1.42. The van der Waals surface area contributed by atoms with Gasteiger partial charge < -0.3 is 10.1 Å². The quantitative estimate of drug-likeness (QED) is 0.676. The Hall–Kier alpha value is -2.76. The molecule has 2 aromatic carbocycles. The molecule has 5 nitrogen and oxygen atoms in total. The van der Waals surface area contributed by atoms with Gasteiger partial charge in [-0.3, -0.25) is 14.7 Å². The Morgan fingerprint density at radius 2 is 1.93 bits per heavy atom. The van der Waals surface area contributed by atoms with Gasteiger partial charge in [-0.25, -0.2) is 0 Å². The summed E-state index contributed by atoms with van der Waals surface area (Å²) in [7, 11) is 0. The van der Waals surface area contributed by atoms with Crippen molar-refractivity contribution in [1.82, 2.24) is 15.2 Å². The van der Waals surface area contributed by atoms with E-state index >= 15 is 0 Å². The second-order valence-electron chi connectivity index (χ2n) is 8.19. The fourth-order valence-electron chi connectivity index (χ4n) is 3.87. The number of ether oxygens (including phenoxy) is 1. The number of nitrogens with one attached hydrogen (secondary N) is 1. The third-order valence-corrected chi connectivity index (χ3v) is 5.53. The van der Waals surface area contributed by atoms with Gasteiger partial charge in [0.2, 0.25) is 0 Å². The highest BCUT2D eigenvalue weighted by atomic mass is 16.5. The van der Waals surface area contributed by atoms with Crippen molar-refractivity contribution in [1.29, 1.82) is 0 Å². The summed E-state index contributed by atoms with van der Waals surface area (Å²) in [4.78, 5) is 20.1. The zero-order chi connectivity index (χ0) is 20.9. The first-order valence-corrected chi connectivity index (χ1v) is 10.7. The second-order valence-corrected chi connectivity index (χ2v) is 8.19. The summed E-state index contributed by atoms with van der Waals surface area (Å²) in [5.41, 5.74) is 3.77. The second kappa shape index (κ2) is 9.37. The highest BCUT2D eigenvalue weighted by molar-refractivity contribution is 6.06. The van der Waals surface area contributed by atoms with Crippen LogP contribution in [0.5, 0.6) is 0 Å². The fraction of sp³-hybridized carbons (Fsp3) is 0.360. The molecule has 0 aliphatic carbocycles. The van der Waals surface area contributed by atoms with Crippen LogP contribution in [0.25, 0.3) is 10.9 Å². The molecule has 1 aliphatic heterocycles. The molecule has 1 N–H and O–H groups in total. The number of nitrogens with zero attached hydrogens (tertiary/aromatic N) is 2. The standard InChI is InChI=1S/C25H29N3O2/c1-18(2)24-14-22(21-10-6-7-11-23(21)27-24)25(29)26-15-20-17-28(12-13-30-20)16-19-8-4-3-5-9-19/h3-11,14,18,20H,12-13,15-17H2,1-2H3,(H,26,29). The SMILES string of the molecule is CC(C)c1cc(C(=O)NCC2CN(Cc3ccccc3)CCO2)c2ccccc2n1. The minimum absolute atomic E-state index is 0.0101. The summed E-state index contributed by atoms with van der Waals surface area (Å²) in [5, 5.41) is 3.98. The smallest absolute Gasteiger partial charge is 0.252 e. The summed E-state index contributed by atoms with van der Waals surface area (Å²) in [6.45, 7) is 7.99. The van der Waals surface area contributed by atoms with Gasteiger partial charge in [-0.1, -0.05) is 62.4 Å². The number of carbonyl (C=O) groups is 1. The molecule has 1 amide bonds. The van der Waals surface area contributed by atoms with Crippen molar-refractivity contribution in [2.24, 2.45) is 0 Å². The monoisotopic (exact) mass is 403 g/mol. The van der Waals surface area contributed by atoms with Crippen LogP contribution in [0.3, 0.4) is 0 Å². The van der Waals surface area contributed by atoms with E-state index in [9.17, 15) is 4.79 Å². The van der Waals surface area contributed by atoms with Crippen LogP contribution in [0.2, 0.25) is 0 Å². The van der Waals surface area contributed by atoms with E-state index in [1.54, 1.807) is 0 Å². The van der Waals surface area contributed by atoms with Gasteiger partial charge in [0.15, 0.2) is 0 Å². The molecule has 4 rings (SSSR count). The molecule has 1 atom stereocenters. The molecule has 1 aliphatic rings. The van der Waals surface area contributed by atoms with Crippen LogP contribution in [0, 0.1) is 0 Å². The normalized spacial score (nSPS) is 17.4. The van der Waals surface area contributed by atoms with Crippen molar-refractivity contribution in [3.8, 4) is 0 Å². The highest BCUT2D eigenvalue weighted by Gasteiger charge is 2.22. The molecule has 5 heteroatoms. The van der Waals surface area contributed by atoms with Gasteiger partial charge in [0.25, 0.3) is 5.91 Å². The molecule has 1 unspecified atom stereocenters. The lowest BCUT2D eigenvalue weighted by molar-refractivity contribution is -0.0292. The Morgan fingerprint density at radius 3 is 2.73 bits per heavy atom. The van der Waals surface area contributed by atoms with Gasteiger partial charge in [-0.2, -0.15) is 0 Å². The Kier molecular flexibility index (Phi) is 6.41. The van der Waals surface area contributed by atoms with E-state index in [0.717, 1.165) is 36.2 Å². The summed E-state index contributed by atoms with van der Waals surface area (Å²) >= 11 is 0. The first-order chi connectivity index (χ1) is 14.6. The molecular formula is C25H29N3O2. The van der Waals surface area contributed by atoms with E-state index in [1.165, 1.54) is 5.56 Å². The van der Waals surface area contributed by atoms with Crippen LogP contribution in [-0.4, -0.2) is 48.1 Å². The average Bonchev–Trinajstić information content (AvgIpc) is 2.77. The summed E-state index contributed by atoms with van der Waals surface area (Å²) in [6, 6.07) is 20.2. The molecule has 156 valence electrons. The molecule has 1 saturated heterocycles. The lowest BCUT2D eigenvalue weighted by atomic mass is 10.0. The van der Waals surface area contributed by atoms with Gasteiger partial charge in [-0.05, 0) is 23.6 Å². The van der Waals surface area contributed by atoms with Crippen LogP contribution in [-0.2, 0) is 11.3 Å². The number of carbonyl (C=O) groups excluding carboxylic acids is 1. The first kappa shape index (κ1) is 20.5. The number of rotatable bonds is 6. The van der Waals surface area contributed by atoms with Gasteiger partial charge in [-0.15, -0.1) is 0 Å². The Morgan fingerprint density at radius 1 is 1.17 bits per heavy atom. The van der Waals surface area contributed by atoms with E-state index in [-0.39, 0.29) is 17.9 Å². The number of benzene rings is 2. The van der Waals surface area contributed by atoms with Crippen LogP contribution < -0.4 is 5.32 Å². The van der Waals surface area contributed by atoms with Crippen molar-refractivity contribution in [3.63, 3.8) is 0 Å². The number of aromatic nitrogens is 1. The fourth-order valence-corrected chi connectivity index (χ4v) is 3.87. The van der Waals surface area contributed by atoms with Gasteiger partial charge in [0.1, 0.15) is 0 Å².